The molecule has 0 bridgehead atoms. The van der Waals surface area contributed by atoms with Gasteiger partial charge >= 0.3 is 5.97 Å². The summed E-state index contributed by atoms with van der Waals surface area (Å²) in [6.07, 6.45) is 0.462. The van der Waals surface area contributed by atoms with Crippen molar-refractivity contribution in [2.75, 3.05) is 0 Å². The molecule has 1 atom stereocenters. The summed E-state index contributed by atoms with van der Waals surface area (Å²) in [5, 5.41) is 0. The van der Waals surface area contributed by atoms with Crippen molar-refractivity contribution in [1.82, 2.24) is 0 Å². The number of ketones is 1. The number of hydrogen-bond donors (Lipinski definition) is 0. The Kier molecular flexibility index (Phi) is 3.01. The third-order valence-electron chi connectivity index (χ3n) is 2.96. The summed E-state index contributed by atoms with van der Waals surface area (Å²) in [4.78, 5) is 24.2. The van der Waals surface area contributed by atoms with Crippen LogP contribution in [0.5, 0.6) is 0 Å². The fraction of sp³-hybridized carbons (Fsp3) is 0.467. The molecule has 1 unspecified atom stereocenters. The van der Waals surface area contributed by atoms with Gasteiger partial charge in [-0.05, 0) is 45.7 Å². The highest BCUT2D eigenvalue weighted by molar-refractivity contribution is 6.12. The van der Waals surface area contributed by atoms with Crippen molar-refractivity contribution in [3.8, 4) is 0 Å². The molecule has 0 fully saturated rings. The van der Waals surface area contributed by atoms with Gasteiger partial charge in [-0.3, -0.25) is 9.59 Å². The molecule has 0 heterocycles. The number of Topliss-reactive ketones (excluding diaryl/α,β-unsaturated/α-hetero) is 1. The molecule has 0 spiro atoms. The number of carbonyl (C=O) groups excluding carboxylic acids is 2. The number of rotatable bonds is 1. The molecular weight excluding hydrogens is 228 g/mol. The fourth-order valence-electron chi connectivity index (χ4n) is 2.16. The van der Waals surface area contributed by atoms with E-state index >= 15 is 0 Å². The quantitative estimate of drug-likeness (QED) is 0.565. The normalized spacial score (nSPS) is 18.7. The van der Waals surface area contributed by atoms with Crippen molar-refractivity contribution in [2.45, 2.75) is 39.7 Å². The molecule has 3 heteroatoms. The van der Waals surface area contributed by atoms with Gasteiger partial charge < -0.3 is 4.74 Å². The van der Waals surface area contributed by atoms with Crippen LogP contribution in [-0.4, -0.2) is 17.4 Å². The summed E-state index contributed by atoms with van der Waals surface area (Å²) in [6.45, 7) is 7.36. The zero-order valence-electron chi connectivity index (χ0n) is 11.2. The lowest BCUT2D eigenvalue weighted by Crippen LogP contribution is -2.31. The van der Waals surface area contributed by atoms with Crippen LogP contribution < -0.4 is 0 Å². The smallest absolute Gasteiger partial charge is 0.317 e. The highest BCUT2D eigenvalue weighted by Gasteiger charge is 2.38. The second-order valence-corrected chi connectivity index (χ2v) is 5.82. The molecule has 0 saturated carbocycles. The maximum absolute atomic E-state index is 12.2. The van der Waals surface area contributed by atoms with Gasteiger partial charge in [-0.15, -0.1) is 0 Å². The predicted molar refractivity (Wildman–Crippen MR) is 68.5 cm³/mol. The van der Waals surface area contributed by atoms with Crippen LogP contribution in [0.2, 0.25) is 0 Å². The van der Waals surface area contributed by atoms with Crippen molar-refractivity contribution in [1.29, 1.82) is 0 Å². The molecule has 0 saturated heterocycles. The van der Waals surface area contributed by atoms with E-state index in [0.717, 1.165) is 11.1 Å². The van der Waals surface area contributed by atoms with E-state index in [1.807, 2.05) is 45.9 Å². The van der Waals surface area contributed by atoms with Crippen LogP contribution in [0.25, 0.3) is 0 Å². The molecule has 2 rings (SSSR count). The molecule has 18 heavy (non-hydrogen) atoms. The lowest BCUT2D eigenvalue weighted by Gasteiger charge is -2.21. The Hall–Kier alpha value is -1.64. The van der Waals surface area contributed by atoms with Crippen LogP contribution in [0.15, 0.2) is 18.2 Å². The van der Waals surface area contributed by atoms with Gasteiger partial charge in [-0.1, -0.05) is 17.7 Å². The topological polar surface area (TPSA) is 43.4 Å². The number of aryl methyl sites for hydroxylation is 1. The van der Waals surface area contributed by atoms with E-state index in [0.29, 0.717) is 12.0 Å². The molecule has 1 aliphatic carbocycles. The highest BCUT2D eigenvalue weighted by atomic mass is 16.6. The molecule has 1 aliphatic rings. The van der Waals surface area contributed by atoms with Gasteiger partial charge in [-0.25, -0.2) is 0 Å². The molecule has 0 amide bonds. The minimum absolute atomic E-state index is 0.108. The number of ether oxygens (including phenoxy) is 1. The first-order chi connectivity index (χ1) is 8.28. The third-order valence-corrected chi connectivity index (χ3v) is 2.96. The van der Waals surface area contributed by atoms with Crippen molar-refractivity contribution in [3.05, 3.63) is 34.9 Å². The van der Waals surface area contributed by atoms with E-state index in [9.17, 15) is 9.59 Å². The Bertz CT molecular complexity index is 509. The van der Waals surface area contributed by atoms with Crippen LogP contribution in [0.1, 0.15) is 42.3 Å². The van der Waals surface area contributed by atoms with Crippen molar-refractivity contribution < 1.29 is 14.3 Å². The van der Waals surface area contributed by atoms with Crippen molar-refractivity contribution >= 4 is 11.8 Å². The monoisotopic (exact) mass is 246 g/mol. The second-order valence-electron chi connectivity index (χ2n) is 5.82. The van der Waals surface area contributed by atoms with E-state index in [4.69, 9.17) is 4.74 Å². The summed E-state index contributed by atoms with van der Waals surface area (Å²) >= 11 is 0. The number of fused-ring (bicyclic) bond motifs is 1. The molecule has 1 aromatic rings. The van der Waals surface area contributed by atoms with Crippen LogP contribution in [-0.2, 0) is 16.0 Å². The standard InChI is InChI=1S/C15H18O3/c1-9-5-6-10-8-12(13(16)11(10)7-9)14(17)18-15(2,3)4/h5-7,12H,8H2,1-4H3. The Balaban J connectivity index is 2.21. The van der Waals surface area contributed by atoms with Crippen molar-refractivity contribution in [2.24, 2.45) is 5.92 Å². The predicted octanol–water partition coefficient (Wildman–Crippen LogP) is 2.69. The lowest BCUT2D eigenvalue weighted by molar-refractivity contribution is -0.157. The van der Waals surface area contributed by atoms with Gasteiger partial charge in [0.05, 0.1) is 0 Å². The van der Waals surface area contributed by atoms with E-state index in [1.165, 1.54) is 0 Å². The average molecular weight is 246 g/mol. The SMILES string of the molecule is Cc1ccc2c(c1)C(=O)C(C(=O)OC(C)(C)C)C2. The third kappa shape index (κ3) is 2.45. The highest BCUT2D eigenvalue weighted by Crippen LogP contribution is 2.29. The zero-order valence-corrected chi connectivity index (χ0v) is 11.2. The van der Waals surface area contributed by atoms with Gasteiger partial charge in [-0.2, -0.15) is 0 Å². The largest absolute Gasteiger partial charge is 0.459 e. The molecule has 1 aromatic carbocycles. The van der Waals surface area contributed by atoms with Crippen LogP contribution in [0, 0.1) is 12.8 Å². The Morgan fingerprint density at radius 3 is 2.61 bits per heavy atom. The average Bonchev–Trinajstić information content (AvgIpc) is 2.54. The zero-order chi connectivity index (χ0) is 13.5. The molecule has 96 valence electrons. The molecule has 0 aromatic heterocycles. The molecule has 0 aliphatic heterocycles. The van der Waals surface area contributed by atoms with Gasteiger partial charge in [0.15, 0.2) is 5.78 Å². The van der Waals surface area contributed by atoms with Gasteiger partial charge in [0.25, 0.3) is 0 Å². The van der Waals surface area contributed by atoms with Gasteiger partial charge in [0.2, 0.25) is 0 Å². The van der Waals surface area contributed by atoms with E-state index in [-0.39, 0.29) is 5.78 Å². The van der Waals surface area contributed by atoms with E-state index in [1.54, 1.807) is 0 Å². The van der Waals surface area contributed by atoms with Crippen LogP contribution >= 0.6 is 0 Å². The minimum atomic E-state index is -0.666. The van der Waals surface area contributed by atoms with Gasteiger partial charge in [0, 0.05) is 5.56 Å². The first-order valence-corrected chi connectivity index (χ1v) is 6.14. The lowest BCUT2D eigenvalue weighted by atomic mass is 10.0. The first kappa shape index (κ1) is 12.8. The number of hydrogen-bond acceptors (Lipinski definition) is 3. The summed E-state index contributed by atoms with van der Waals surface area (Å²) < 4.78 is 5.29. The number of esters is 1. The number of carbonyl (C=O) groups is 2. The summed E-state index contributed by atoms with van der Waals surface area (Å²) in [5.74, 6) is -1.19. The van der Waals surface area contributed by atoms with Crippen LogP contribution in [0.3, 0.4) is 0 Å². The van der Waals surface area contributed by atoms with E-state index in [2.05, 4.69) is 0 Å². The minimum Gasteiger partial charge on any atom is -0.459 e. The molecular formula is C15H18O3. The summed E-state index contributed by atoms with van der Waals surface area (Å²) in [5.41, 5.74) is 2.10. The Morgan fingerprint density at radius 1 is 1.33 bits per heavy atom. The maximum atomic E-state index is 12.2. The molecule has 0 N–H and O–H groups in total. The summed E-state index contributed by atoms with van der Waals surface area (Å²) in [7, 11) is 0. The number of benzene rings is 1. The molecule has 3 nitrogen and oxygen atoms in total. The molecule has 0 radical (unpaired) electrons. The van der Waals surface area contributed by atoms with Gasteiger partial charge in [0.1, 0.15) is 11.5 Å². The summed E-state index contributed by atoms with van der Waals surface area (Å²) in [6, 6.07) is 5.73. The van der Waals surface area contributed by atoms with E-state index < -0.39 is 17.5 Å². The van der Waals surface area contributed by atoms with Crippen LogP contribution in [0.4, 0.5) is 0 Å². The van der Waals surface area contributed by atoms with Crippen molar-refractivity contribution in [3.63, 3.8) is 0 Å². The fourth-order valence-corrected chi connectivity index (χ4v) is 2.16. The first-order valence-electron chi connectivity index (χ1n) is 6.14. The maximum Gasteiger partial charge on any atom is 0.317 e. The Morgan fingerprint density at radius 2 is 2.00 bits per heavy atom. The second kappa shape index (κ2) is 4.23. The Labute approximate surface area is 107 Å².